The van der Waals surface area contributed by atoms with Gasteiger partial charge in [-0.1, -0.05) is 13.8 Å². The molecule has 0 bridgehead atoms. The summed E-state index contributed by atoms with van der Waals surface area (Å²) in [5, 5.41) is 8.57. The minimum absolute atomic E-state index is 0.0953. The van der Waals surface area contributed by atoms with Crippen molar-refractivity contribution in [1.82, 2.24) is 4.98 Å². The first-order valence-electron chi connectivity index (χ1n) is 3.79. The highest BCUT2D eigenvalue weighted by molar-refractivity contribution is 4.98. The third-order valence-electron chi connectivity index (χ3n) is 1.47. The number of rotatable bonds is 3. The third kappa shape index (κ3) is 2.05. The molecule has 0 saturated carbocycles. The maximum absolute atomic E-state index is 8.57. The molecule has 1 aromatic heterocycles. The predicted molar refractivity (Wildman–Crippen MR) is 41.4 cm³/mol. The summed E-state index contributed by atoms with van der Waals surface area (Å²) in [6.07, 6.45) is 2.22. The van der Waals surface area contributed by atoms with Gasteiger partial charge in [0.2, 0.25) is 0 Å². The van der Waals surface area contributed by atoms with E-state index in [1.807, 2.05) is 13.8 Å². The molecule has 0 atom stereocenters. The molecule has 1 heterocycles. The first-order valence-corrected chi connectivity index (χ1v) is 3.79. The summed E-state index contributed by atoms with van der Waals surface area (Å²) in [5.41, 5.74) is 0. The van der Waals surface area contributed by atoms with Crippen LogP contribution in [-0.2, 0) is 6.42 Å². The van der Waals surface area contributed by atoms with Gasteiger partial charge in [0.05, 0.1) is 12.8 Å². The molecule has 0 aliphatic carbocycles. The summed E-state index contributed by atoms with van der Waals surface area (Å²) in [7, 11) is 0. The highest BCUT2D eigenvalue weighted by atomic mass is 16.4. The molecule has 0 amide bonds. The largest absolute Gasteiger partial charge is 0.445 e. The molecule has 3 nitrogen and oxygen atoms in total. The van der Waals surface area contributed by atoms with Gasteiger partial charge < -0.3 is 9.52 Å². The fraction of sp³-hybridized carbons (Fsp3) is 0.625. The molecule has 1 N–H and O–H groups in total. The van der Waals surface area contributed by atoms with E-state index in [1.165, 1.54) is 0 Å². The first kappa shape index (κ1) is 8.27. The molecule has 1 rings (SSSR count). The number of aromatic nitrogens is 1. The highest BCUT2D eigenvalue weighted by Crippen LogP contribution is 2.14. The van der Waals surface area contributed by atoms with E-state index in [4.69, 9.17) is 9.52 Å². The van der Waals surface area contributed by atoms with E-state index in [9.17, 15) is 0 Å². The van der Waals surface area contributed by atoms with Gasteiger partial charge in [0.15, 0.2) is 5.89 Å². The van der Waals surface area contributed by atoms with E-state index >= 15 is 0 Å². The summed E-state index contributed by atoms with van der Waals surface area (Å²) in [6.45, 7) is 4.19. The van der Waals surface area contributed by atoms with Crippen molar-refractivity contribution in [3.8, 4) is 0 Å². The van der Waals surface area contributed by atoms with Gasteiger partial charge in [-0.3, -0.25) is 0 Å². The van der Waals surface area contributed by atoms with Gasteiger partial charge in [-0.25, -0.2) is 4.98 Å². The van der Waals surface area contributed by atoms with Gasteiger partial charge in [-0.05, 0) is 0 Å². The van der Waals surface area contributed by atoms with Crippen LogP contribution in [0.2, 0.25) is 0 Å². The average molecular weight is 155 g/mol. The van der Waals surface area contributed by atoms with Crippen LogP contribution in [-0.4, -0.2) is 16.7 Å². The Bertz CT molecular complexity index is 218. The Hall–Kier alpha value is -0.830. The van der Waals surface area contributed by atoms with Crippen molar-refractivity contribution in [2.45, 2.75) is 26.2 Å². The van der Waals surface area contributed by atoms with Crippen LogP contribution in [0.4, 0.5) is 0 Å². The topological polar surface area (TPSA) is 46.3 Å². The normalized spacial score (nSPS) is 10.9. The van der Waals surface area contributed by atoms with Gasteiger partial charge >= 0.3 is 0 Å². The predicted octanol–water partition coefficient (Wildman–Crippen LogP) is 1.33. The monoisotopic (exact) mass is 155 g/mol. The van der Waals surface area contributed by atoms with Crippen LogP contribution in [0.1, 0.15) is 31.4 Å². The second kappa shape index (κ2) is 3.53. The van der Waals surface area contributed by atoms with E-state index < -0.39 is 0 Å². The molecule has 0 saturated heterocycles. The van der Waals surface area contributed by atoms with Crippen LogP contribution in [0.15, 0.2) is 10.6 Å². The van der Waals surface area contributed by atoms with Crippen molar-refractivity contribution in [3.05, 3.63) is 17.8 Å². The molecule has 0 fully saturated rings. The lowest BCUT2D eigenvalue weighted by molar-refractivity contribution is 0.282. The van der Waals surface area contributed by atoms with Crippen molar-refractivity contribution >= 4 is 0 Å². The molecule has 62 valence electrons. The van der Waals surface area contributed by atoms with Crippen molar-refractivity contribution in [2.24, 2.45) is 0 Å². The average Bonchev–Trinajstić information content (AvgIpc) is 2.37. The zero-order valence-corrected chi connectivity index (χ0v) is 6.87. The maximum atomic E-state index is 8.57. The van der Waals surface area contributed by atoms with Crippen LogP contribution in [0, 0.1) is 0 Å². The Balaban J connectivity index is 2.66. The fourth-order valence-corrected chi connectivity index (χ4v) is 0.803. The van der Waals surface area contributed by atoms with Crippen molar-refractivity contribution in [3.63, 3.8) is 0 Å². The number of nitrogens with zero attached hydrogens (tertiary/aromatic N) is 1. The molecule has 11 heavy (non-hydrogen) atoms. The van der Waals surface area contributed by atoms with Crippen molar-refractivity contribution in [2.75, 3.05) is 6.61 Å². The van der Waals surface area contributed by atoms with Crippen LogP contribution in [0.5, 0.6) is 0 Å². The van der Waals surface area contributed by atoms with Crippen molar-refractivity contribution in [1.29, 1.82) is 0 Å². The Morgan fingerprint density at radius 3 is 2.82 bits per heavy atom. The molecule has 0 aromatic carbocycles. The van der Waals surface area contributed by atoms with E-state index in [0.29, 0.717) is 18.2 Å². The minimum Gasteiger partial charge on any atom is -0.445 e. The quantitative estimate of drug-likeness (QED) is 0.716. The first-order chi connectivity index (χ1) is 5.24. The van der Waals surface area contributed by atoms with E-state index in [1.54, 1.807) is 6.20 Å². The Morgan fingerprint density at radius 2 is 2.36 bits per heavy atom. The molecule has 0 aliphatic rings. The molecule has 0 spiro atoms. The lowest BCUT2D eigenvalue weighted by atomic mass is 10.2. The Kier molecular flexibility index (Phi) is 2.65. The number of hydrogen-bond acceptors (Lipinski definition) is 3. The number of hydrogen-bond donors (Lipinski definition) is 1. The lowest BCUT2D eigenvalue weighted by Crippen LogP contribution is -1.89. The molecule has 3 heteroatoms. The molecule has 0 aliphatic heterocycles. The minimum atomic E-state index is 0.0953. The smallest absolute Gasteiger partial charge is 0.196 e. The standard InChI is InChI=1S/C8H13NO2/c1-6(2)7-5-9-8(11-7)3-4-10/h5-6,10H,3-4H2,1-2H3. The summed E-state index contributed by atoms with van der Waals surface area (Å²) in [4.78, 5) is 4.00. The number of aliphatic hydroxyl groups excluding tert-OH is 1. The fourth-order valence-electron chi connectivity index (χ4n) is 0.803. The molecule has 0 unspecified atom stereocenters. The third-order valence-corrected chi connectivity index (χ3v) is 1.47. The van der Waals surface area contributed by atoms with Gasteiger partial charge in [0.1, 0.15) is 5.76 Å². The second-order valence-electron chi connectivity index (χ2n) is 2.78. The van der Waals surface area contributed by atoms with Crippen molar-refractivity contribution < 1.29 is 9.52 Å². The molecular formula is C8H13NO2. The summed E-state index contributed by atoms with van der Waals surface area (Å²) < 4.78 is 5.31. The van der Waals surface area contributed by atoms with Crippen LogP contribution >= 0.6 is 0 Å². The molecule has 0 radical (unpaired) electrons. The highest BCUT2D eigenvalue weighted by Gasteiger charge is 2.05. The summed E-state index contributed by atoms with van der Waals surface area (Å²) in [6, 6.07) is 0. The van der Waals surface area contributed by atoms with Crippen LogP contribution < -0.4 is 0 Å². The zero-order valence-electron chi connectivity index (χ0n) is 6.87. The van der Waals surface area contributed by atoms with Gasteiger partial charge in [0.25, 0.3) is 0 Å². The van der Waals surface area contributed by atoms with E-state index in [0.717, 1.165) is 5.76 Å². The number of oxazole rings is 1. The Labute approximate surface area is 66.1 Å². The van der Waals surface area contributed by atoms with Gasteiger partial charge in [-0.15, -0.1) is 0 Å². The lowest BCUT2D eigenvalue weighted by Gasteiger charge is -1.95. The van der Waals surface area contributed by atoms with E-state index in [-0.39, 0.29) is 6.61 Å². The zero-order chi connectivity index (χ0) is 8.27. The second-order valence-corrected chi connectivity index (χ2v) is 2.78. The maximum Gasteiger partial charge on any atom is 0.196 e. The van der Waals surface area contributed by atoms with Gasteiger partial charge in [0, 0.05) is 12.3 Å². The van der Waals surface area contributed by atoms with Crippen LogP contribution in [0.3, 0.4) is 0 Å². The summed E-state index contributed by atoms with van der Waals surface area (Å²) >= 11 is 0. The van der Waals surface area contributed by atoms with Gasteiger partial charge in [-0.2, -0.15) is 0 Å². The Morgan fingerprint density at radius 1 is 1.64 bits per heavy atom. The summed E-state index contributed by atoms with van der Waals surface area (Å²) in [5.74, 6) is 1.87. The number of aliphatic hydroxyl groups is 1. The molecule has 1 aromatic rings. The SMILES string of the molecule is CC(C)c1cnc(CCO)o1. The van der Waals surface area contributed by atoms with Crippen LogP contribution in [0.25, 0.3) is 0 Å². The molecular weight excluding hydrogens is 142 g/mol. The van der Waals surface area contributed by atoms with E-state index in [2.05, 4.69) is 4.98 Å².